The van der Waals surface area contributed by atoms with Crippen molar-refractivity contribution in [2.75, 3.05) is 28.2 Å². The third-order valence-electron chi connectivity index (χ3n) is 3.16. The summed E-state index contributed by atoms with van der Waals surface area (Å²) in [7, 11) is 7.69. The van der Waals surface area contributed by atoms with E-state index < -0.39 is 8.40 Å². The molecule has 0 saturated carbocycles. The molecule has 0 rings (SSSR count). The zero-order chi connectivity index (χ0) is 10.5. The lowest BCUT2D eigenvalue weighted by Crippen LogP contribution is -2.60. The Bertz CT molecular complexity index is 127. The second kappa shape index (κ2) is 5.78. The highest BCUT2D eigenvalue weighted by Gasteiger charge is 2.36. The van der Waals surface area contributed by atoms with Gasteiger partial charge in [-0.25, -0.2) is 0 Å². The average molecular weight is 202 g/mol. The molecule has 80 valence electrons. The van der Waals surface area contributed by atoms with Crippen LogP contribution >= 0.6 is 0 Å². The van der Waals surface area contributed by atoms with Gasteiger partial charge in [0, 0.05) is 0 Å². The summed E-state index contributed by atoms with van der Waals surface area (Å²) in [5.41, 5.74) is 0. The highest BCUT2D eigenvalue weighted by molar-refractivity contribution is 6.74. The van der Waals surface area contributed by atoms with Crippen LogP contribution in [0.4, 0.5) is 0 Å². The summed E-state index contributed by atoms with van der Waals surface area (Å²) < 4.78 is 4.98. The first-order valence-corrected chi connectivity index (χ1v) is 7.67. The summed E-state index contributed by atoms with van der Waals surface area (Å²) in [5.74, 6) is 0. The van der Waals surface area contributed by atoms with Crippen LogP contribution in [0.25, 0.3) is 0 Å². The molecular formula is C10H26N2Si. The monoisotopic (exact) mass is 202 g/mol. The highest BCUT2D eigenvalue weighted by atomic mass is 28.3. The van der Waals surface area contributed by atoms with Gasteiger partial charge < -0.3 is 9.13 Å². The SMILES string of the molecule is CCCC[Si](CC)(N(C)C)N(C)C. The number of rotatable bonds is 6. The van der Waals surface area contributed by atoms with Crippen LogP contribution in [-0.4, -0.2) is 45.7 Å². The molecule has 0 aromatic rings. The molecule has 0 aromatic carbocycles. The molecule has 0 aliphatic carbocycles. The van der Waals surface area contributed by atoms with Gasteiger partial charge in [0.25, 0.3) is 0 Å². The minimum Gasteiger partial charge on any atom is -0.317 e. The smallest absolute Gasteiger partial charge is 0.205 e. The molecule has 0 fully saturated rings. The van der Waals surface area contributed by atoms with Crippen LogP contribution in [0.1, 0.15) is 26.7 Å². The Morgan fingerprint density at radius 3 is 1.62 bits per heavy atom. The third kappa shape index (κ3) is 3.08. The molecule has 0 bridgehead atoms. The normalized spacial score (nSPS) is 12.9. The maximum absolute atomic E-state index is 2.49. The number of unbranched alkanes of at least 4 members (excludes halogenated alkanes) is 1. The van der Waals surface area contributed by atoms with E-state index in [1.807, 2.05) is 0 Å². The maximum Gasteiger partial charge on any atom is 0.205 e. The Hall–Kier alpha value is 0.137. The first kappa shape index (κ1) is 13.1. The van der Waals surface area contributed by atoms with E-state index in [0.717, 1.165) is 0 Å². The largest absolute Gasteiger partial charge is 0.317 e. The van der Waals surface area contributed by atoms with Crippen LogP contribution in [0.3, 0.4) is 0 Å². The van der Waals surface area contributed by atoms with E-state index in [0.29, 0.717) is 0 Å². The topological polar surface area (TPSA) is 6.48 Å². The Morgan fingerprint density at radius 2 is 1.38 bits per heavy atom. The molecule has 0 aromatic heterocycles. The van der Waals surface area contributed by atoms with Gasteiger partial charge in [-0.1, -0.05) is 26.7 Å². The number of nitrogens with zero attached hydrogens (tertiary/aromatic N) is 2. The van der Waals surface area contributed by atoms with Crippen LogP contribution in [0, 0.1) is 0 Å². The van der Waals surface area contributed by atoms with E-state index in [1.54, 1.807) is 0 Å². The molecule has 0 amide bonds. The van der Waals surface area contributed by atoms with E-state index >= 15 is 0 Å². The first-order valence-electron chi connectivity index (χ1n) is 5.36. The quantitative estimate of drug-likeness (QED) is 0.610. The Labute approximate surface area is 85.1 Å². The Morgan fingerprint density at radius 1 is 0.923 bits per heavy atom. The molecule has 3 heteroatoms. The van der Waals surface area contributed by atoms with Crippen LogP contribution in [0.15, 0.2) is 0 Å². The summed E-state index contributed by atoms with van der Waals surface area (Å²) in [6.07, 6.45) is 2.69. The van der Waals surface area contributed by atoms with Gasteiger partial charge in [0.15, 0.2) is 0 Å². The molecule has 0 atom stereocenters. The van der Waals surface area contributed by atoms with Crippen LogP contribution in [-0.2, 0) is 0 Å². The zero-order valence-corrected chi connectivity index (χ0v) is 11.2. The second-order valence-corrected chi connectivity index (χ2v) is 9.19. The molecule has 0 aliphatic rings. The van der Waals surface area contributed by atoms with Gasteiger partial charge in [0.2, 0.25) is 8.40 Å². The molecule has 2 nitrogen and oxygen atoms in total. The van der Waals surface area contributed by atoms with Crippen molar-refractivity contribution in [3.05, 3.63) is 0 Å². The molecule has 0 heterocycles. The van der Waals surface area contributed by atoms with Crippen LogP contribution in [0.2, 0.25) is 12.1 Å². The van der Waals surface area contributed by atoms with Crippen molar-refractivity contribution in [3.63, 3.8) is 0 Å². The lowest BCUT2D eigenvalue weighted by atomic mass is 10.4. The van der Waals surface area contributed by atoms with Crippen LogP contribution in [0.5, 0.6) is 0 Å². The minimum atomic E-state index is -1.28. The van der Waals surface area contributed by atoms with Gasteiger partial charge in [-0.2, -0.15) is 0 Å². The molecule has 0 N–H and O–H groups in total. The summed E-state index contributed by atoms with van der Waals surface area (Å²) in [5, 5.41) is 0. The number of hydrogen-bond donors (Lipinski definition) is 0. The molecule has 0 spiro atoms. The van der Waals surface area contributed by atoms with E-state index in [9.17, 15) is 0 Å². The van der Waals surface area contributed by atoms with Crippen molar-refractivity contribution < 1.29 is 0 Å². The Kier molecular flexibility index (Phi) is 5.84. The van der Waals surface area contributed by atoms with E-state index in [-0.39, 0.29) is 0 Å². The molecule has 0 unspecified atom stereocenters. The summed E-state index contributed by atoms with van der Waals surface area (Å²) in [6, 6.07) is 2.73. The van der Waals surface area contributed by atoms with Gasteiger partial charge in [-0.05, 0) is 40.3 Å². The lowest BCUT2D eigenvalue weighted by molar-refractivity contribution is 0.470. The highest BCUT2D eigenvalue weighted by Crippen LogP contribution is 2.22. The molecule has 0 aliphatic heterocycles. The van der Waals surface area contributed by atoms with E-state index in [1.165, 1.54) is 24.9 Å². The van der Waals surface area contributed by atoms with Gasteiger partial charge in [-0.3, -0.25) is 0 Å². The van der Waals surface area contributed by atoms with E-state index in [2.05, 4.69) is 51.2 Å². The predicted octanol–water partition coefficient (Wildman–Crippen LogP) is 2.37. The van der Waals surface area contributed by atoms with Gasteiger partial charge in [0.05, 0.1) is 0 Å². The zero-order valence-electron chi connectivity index (χ0n) is 10.2. The first-order chi connectivity index (χ1) is 6.01. The summed E-state index contributed by atoms with van der Waals surface area (Å²) in [6.45, 7) is 4.61. The summed E-state index contributed by atoms with van der Waals surface area (Å²) in [4.78, 5) is 0. The standard InChI is InChI=1S/C10H26N2Si/c1-7-9-10-13(8-2,11(3)4)12(5)6/h7-10H2,1-6H3. The van der Waals surface area contributed by atoms with Gasteiger partial charge >= 0.3 is 0 Å². The fourth-order valence-corrected chi connectivity index (χ4v) is 6.35. The van der Waals surface area contributed by atoms with E-state index in [4.69, 9.17) is 0 Å². The van der Waals surface area contributed by atoms with Crippen molar-refractivity contribution in [1.29, 1.82) is 0 Å². The molecule has 0 radical (unpaired) electrons. The molecule has 0 saturated heterocycles. The fourth-order valence-electron chi connectivity index (χ4n) is 2.12. The van der Waals surface area contributed by atoms with Gasteiger partial charge in [-0.15, -0.1) is 0 Å². The van der Waals surface area contributed by atoms with Crippen molar-refractivity contribution in [2.45, 2.75) is 38.8 Å². The van der Waals surface area contributed by atoms with Crippen molar-refractivity contribution in [1.82, 2.24) is 9.13 Å². The third-order valence-corrected chi connectivity index (χ3v) is 8.78. The molecular weight excluding hydrogens is 176 g/mol. The summed E-state index contributed by atoms with van der Waals surface area (Å²) >= 11 is 0. The maximum atomic E-state index is 2.49. The lowest BCUT2D eigenvalue weighted by Gasteiger charge is -2.42. The van der Waals surface area contributed by atoms with Crippen molar-refractivity contribution in [2.24, 2.45) is 0 Å². The minimum absolute atomic E-state index is 1.28. The molecule has 13 heavy (non-hydrogen) atoms. The second-order valence-electron chi connectivity index (χ2n) is 4.23. The fraction of sp³-hybridized carbons (Fsp3) is 1.00. The predicted molar refractivity (Wildman–Crippen MR) is 63.3 cm³/mol. The Balaban J connectivity index is 4.45. The average Bonchev–Trinajstić information content (AvgIpc) is 2.05. The van der Waals surface area contributed by atoms with Gasteiger partial charge in [0.1, 0.15) is 0 Å². The van der Waals surface area contributed by atoms with Crippen LogP contribution < -0.4 is 0 Å². The number of hydrogen-bond acceptors (Lipinski definition) is 2. The van der Waals surface area contributed by atoms with Crippen molar-refractivity contribution in [3.8, 4) is 0 Å². The van der Waals surface area contributed by atoms with Crippen molar-refractivity contribution >= 4 is 8.40 Å².